The summed E-state index contributed by atoms with van der Waals surface area (Å²) in [6, 6.07) is 11.4. The first-order chi connectivity index (χ1) is 11.6. The fourth-order valence-corrected chi connectivity index (χ4v) is 3.25. The Hall–Kier alpha value is -2.56. The van der Waals surface area contributed by atoms with Crippen molar-refractivity contribution in [3.05, 3.63) is 59.5 Å². The third-order valence-corrected chi connectivity index (χ3v) is 4.63. The van der Waals surface area contributed by atoms with E-state index in [0.717, 1.165) is 16.9 Å². The number of carbonyl (C=O) groups excluding carboxylic acids is 2. The van der Waals surface area contributed by atoms with Gasteiger partial charge < -0.3 is 14.6 Å². The van der Waals surface area contributed by atoms with Crippen LogP contribution in [0.4, 0.5) is 0 Å². The minimum atomic E-state index is -0.259. The molecule has 2 amide bonds. The maximum absolute atomic E-state index is 12.7. The van der Waals surface area contributed by atoms with Crippen molar-refractivity contribution < 1.29 is 14.0 Å². The van der Waals surface area contributed by atoms with Gasteiger partial charge in [-0.1, -0.05) is 29.8 Å². The van der Waals surface area contributed by atoms with Crippen LogP contribution in [0, 0.1) is 12.8 Å². The molecule has 0 saturated carbocycles. The van der Waals surface area contributed by atoms with E-state index in [-0.39, 0.29) is 23.8 Å². The van der Waals surface area contributed by atoms with Gasteiger partial charge in [0.15, 0.2) is 0 Å². The molecule has 1 saturated heterocycles. The maximum Gasteiger partial charge on any atom is 0.225 e. The standard InChI is InChI=1S/C19H22N2O3/c1-13-5-7-14(8-6-13)18-16(9-10-17(22)21(18)2)19(23)20-12-15-4-3-11-24-15/h3-8,11,16,18H,9-10,12H2,1-2H3,(H,20,23). The van der Waals surface area contributed by atoms with Crippen molar-refractivity contribution in [2.45, 2.75) is 32.4 Å². The lowest BCUT2D eigenvalue weighted by Gasteiger charge is -2.38. The molecular weight excluding hydrogens is 304 g/mol. The van der Waals surface area contributed by atoms with Crippen LogP contribution in [-0.4, -0.2) is 23.8 Å². The van der Waals surface area contributed by atoms with Crippen molar-refractivity contribution in [2.24, 2.45) is 5.92 Å². The van der Waals surface area contributed by atoms with Gasteiger partial charge in [-0.05, 0) is 31.0 Å². The van der Waals surface area contributed by atoms with Crippen LogP contribution in [0.3, 0.4) is 0 Å². The molecule has 1 fully saturated rings. The quantitative estimate of drug-likeness (QED) is 0.940. The smallest absolute Gasteiger partial charge is 0.225 e. The number of aryl methyl sites for hydroxylation is 1. The first-order valence-corrected chi connectivity index (χ1v) is 8.18. The molecule has 0 bridgehead atoms. The number of piperidine rings is 1. The molecule has 2 heterocycles. The van der Waals surface area contributed by atoms with Gasteiger partial charge in [0.25, 0.3) is 0 Å². The number of nitrogens with zero attached hydrogens (tertiary/aromatic N) is 1. The number of nitrogens with one attached hydrogen (secondary N) is 1. The number of furan rings is 1. The van der Waals surface area contributed by atoms with Crippen LogP contribution in [0.1, 0.15) is 35.8 Å². The summed E-state index contributed by atoms with van der Waals surface area (Å²) in [5, 5.41) is 2.93. The van der Waals surface area contributed by atoms with Crippen LogP contribution in [-0.2, 0) is 16.1 Å². The number of benzene rings is 1. The minimum absolute atomic E-state index is 0.0451. The molecule has 2 atom stereocenters. The van der Waals surface area contributed by atoms with Gasteiger partial charge in [-0.3, -0.25) is 9.59 Å². The molecule has 5 nitrogen and oxygen atoms in total. The van der Waals surface area contributed by atoms with Crippen molar-refractivity contribution in [3.63, 3.8) is 0 Å². The molecule has 1 N–H and O–H groups in total. The second-order valence-electron chi connectivity index (χ2n) is 6.30. The molecule has 1 aromatic carbocycles. The van der Waals surface area contributed by atoms with Crippen LogP contribution in [0.2, 0.25) is 0 Å². The van der Waals surface area contributed by atoms with E-state index in [9.17, 15) is 9.59 Å². The lowest BCUT2D eigenvalue weighted by atomic mass is 9.83. The largest absolute Gasteiger partial charge is 0.467 e. The number of rotatable bonds is 4. The highest BCUT2D eigenvalue weighted by Crippen LogP contribution is 2.36. The molecular formula is C19H22N2O3. The second-order valence-corrected chi connectivity index (χ2v) is 6.30. The lowest BCUT2D eigenvalue weighted by molar-refractivity contribution is -0.141. The Morgan fingerprint density at radius 1 is 1.29 bits per heavy atom. The third kappa shape index (κ3) is 3.35. The first kappa shape index (κ1) is 16.3. The van der Waals surface area contributed by atoms with E-state index in [0.29, 0.717) is 19.4 Å². The molecule has 0 spiro atoms. The summed E-state index contributed by atoms with van der Waals surface area (Å²) in [6.45, 7) is 2.38. The van der Waals surface area contributed by atoms with E-state index < -0.39 is 0 Å². The number of carbonyl (C=O) groups is 2. The molecule has 3 rings (SSSR count). The average Bonchev–Trinajstić information content (AvgIpc) is 3.09. The predicted molar refractivity (Wildman–Crippen MR) is 90.0 cm³/mol. The Morgan fingerprint density at radius 3 is 2.71 bits per heavy atom. The van der Waals surface area contributed by atoms with Gasteiger partial charge in [0.1, 0.15) is 5.76 Å². The van der Waals surface area contributed by atoms with Gasteiger partial charge in [-0.15, -0.1) is 0 Å². The first-order valence-electron chi connectivity index (χ1n) is 8.18. The van der Waals surface area contributed by atoms with Gasteiger partial charge in [-0.2, -0.15) is 0 Å². The second kappa shape index (κ2) is 6.91. The van der Waals surface area contributed by atoms with Crippen LogP contribution < -0.4 is 5.32 Å². The summed E-state index contributed by atoms with van der Waals surface area (Å²) in [5.41, 5.74) is 2.15. The molecule has 0 aliphatic carbocycles. The summed E-state index contributed by atoms with van der Waals surface area (Å²) >= 11 is 0. The molecule has 0 radical (unpaired) electrons. The maximum atomic E-state index is 12.7. The highest BCUT2D eigenvalue weighted by molar-refractivity contribution is 5.84. The van der Waals surface area contributed by atoms with E-state index in [4.69, 9.17) is 4.42 Å². The SMILES string of the molecule is Cc1ccc(C2C(C(=O)NCc3ccco3)CCC(=O)N2C)cc1. The Kier molecular flexibility index (Phi) is 4.69. The van der Waals surface area contributed by atoms with Crippen LogP contribution in [0.15, 0.2) is 47.1 Å². The van der Waals surface area contributed by atoms with Crippen molar-refractivity contribution in [3.8, 4) is 0 Å². The van der Waals surface area contributed by atoms with E-state index >= 15 is 0 Å². The number of amides is 2. The summed E-state index contributed by atoms with van der Waals surface area (Å²) in [4.78, 5) is 26.5. The van der Waals surface area contributed by atoms with Gasteiger partial charge in [0, 0.05) is 13.5 Å². The van der Waals surface area contributed by atoms with Crippen LogP contribution in [0.25, 0.3) is 0 Å². The van der Waals surface area contributed by atoms with Gasteiger partial charge in [-0.25, -0.2) is 0 Å². The monoisotopic (exact) mass is 326 g/mol. The number of hydrogen-bond acceptors (Lipinski definition) is 3. The molecule has 126 valence electrons. The fourth-order valence-electron chi connectivity index (χ4n) is 3.25. The lowest BCUT2D eigenvalue weighted by Crippen LogP contribution is -2.46. The van der Waals surface area contributed by atoms with Crippen molar-refractivity contribution in [1.29, 1.82) is 0 Å². The summed E-state index contributed by atoms with van der Waals surface area (Å²) in [5.74, 6) is 0.493. The number of likely N-dealkylation sites (tertiary alicyclic amines) is 1. The van der Waals surface area contributed by atoms with Gasteiger partial charge >= 0.3 is 0 Å². The van der Waals surface area contributed by atoms with Crippen molar-refractivity contribution in [2.75, 3.05) is 7.05 Å². The van der Waals surface area contributed by atoms with Crippen molar-refractivity contribution in [1.82, 2.24) is 10.2 Å². The van der Waals surface area contributed by atoms with E-state index in [1.807, 2.05) is 37.3 Å². The van der Waals surface area contributed by atoms with Crippen LogP contribution >= 0.6 is 0 Å². The zero-order chi connectivity index (χ0) is 17.1. The van der Waals surface area contributed by atoms with Gasteiger partial charge in [0.05, 0.1) is 24.8 Å². The normalized spacial score (nSPS) is 20.9. The molecule has 24 heavy (non-hydrogen) atoms. The fraction of sp³-hybridized carbons (Fsp3) is 0.368. The summed E-state index contributed by atoms with van der Waals surface area (Å²) in [7, 11) is 1.78. The Labute approximate surface area is 141 Å². The zero-order valence-electron chi connectivity index (χ0n) is 14.0. The Morgan fingerprint density at radius 2 is 2.04 bits per heavy atom. The summed E-state index contributed by atoms with van der Waals surface area (Å²) in [6.07, 6.45) is 2.55. The highest BCUT2D eigenvalue weighted by atomic mass is 16.3. The number of hydrogen-bond donors (Lipinski definition) is 1. The molecule has 2 unspecified atom stereocenters. The molecule has 2 aromatic rings. The topological polar surface area (TPSA) is 62.6 Å². The van der Waals surface area contributed by atoms with E-state index in [2.05, 4.69) is 5.32 Å². The van der Waals surface area contributed by atoms with Gasteiger partial charge in [0.2, 0.25) is 11.8 Å². The third-order valence-electron chi connectivity index (χ3n) is 4.63. The van der Waals surface area contributed by atoms with Crippen molar-refractivity contribution >= 4 is 11.8 Å². The highest BCUT2D eigenvalue weighted by Gasteiger charge is 2.38. The molecule has 1 aliphatic heterocycles. The predicted octanol–water partition coefficient (Wildman–Crippen LogP) is 2.81. The Bertz CT molecular complexity index is 707. The molecule has 1 aliphatic rings. The average molecular weight is 326 g/mol. The molecule has 1 aromatic heterocycles. The van der Waals surface area contributed by atoms with Crippen LogP contribution in [0.5, 0.6) is 0 Å². The van der Waals surface area contributed by atoms with E-state index in [1.54, 1.807) is 24.3 Å². The summed E-state index contributed by atoms with van der Waals surface area (Å²) < 4.78 is 5.25. The Balaban J connectivity index is 1.79. The molecule has 5 heteroatoms. The minimum Gasteiger partial charge on any atom is -0.467 e. The van der Waals surface area contributed by atoms with E-state index in [1.165, 1.54) is 0 Å². The zero-order valence-corrected chi connectivity index (χ0v) is 14.0.